The van der Waals surface area contributed by atoms with Gasteiger partial charge in [-0.05, 0) is 24.0 Å². The van der Waals surface area contributed by atoms with Gasteiger partial charge in [0.15, 0.2) is 0 Å². The summed E-state index contributed by atoms with van der Waals surface area (Å²) in [6.07, 6.45) is 7.31. The van der Waals surface area contributed by atoms with Crippen LogP contribution in [0, 0.1) is 0 Å². The van der Waals surface area contributed by atoms with Gasteiger partial charge in [0, 0.05) is 25.0 Å². The highest BCUT2D eigenvalue weighted by Crippen LogP contribution is 2.36. The van der Waals surface area contributed by atoms with Crippen LogP contribution in [0.25, 0.3) is 0 Å². The minimum Gasteiger partial charge on any atom is -0.310 e. The molecule has 2 saturated heterocycles. The van der Waals surface area contributed by atoms with Crippen molar-refractivity contribution < 1.29 is 9.59 Å². The van der Waals surface area contributed by atoms with Crippen LogP contribution >= 0.6 is 0 Å². The smallest absolute Gasteiger partial charge is 0.310 e. The maximum Gasteiger partial charge on any atom is 0.324 e. The molecule has 1 aliphatic carbocycles. The summed E-state index contributed by atoms with van der Waals surface area (Å²) in [7, 11) is 0. The van der Waals surface area contributed by atoms with Gasteiger partial charge in [0.1, 0.15) is 6.04 Å². The van der Waals surface area contributed by atoms with Crippen LogP contribution in [0.15, 0.2) is 23.3 Å². The fourth-order valence-corrected chi connectivity index (χ4v) is 3.58. The summed E-state index contributed by atoms with van der Waals surface area (Å²) in [4.78, 5) is 25.1. The second-order valence-electron chi connectivity index (χ2n) is 5.40. The number of nitrogens with zero attached hydrogens (tertiary/aromatic N) is 1. The Balaban J connectivity index is 1.71. The van der Waals surface area contributed by atoms with E-state index in [0.717, 1.165) is 12.8 Å². The van der Waals surface area contributed by atoms with Crippen molar-refractivity contribution in [3.05, 3.63) is 23.3 Å². The van der Waals surface area contributed by atoms with Gasteiger partial charge in [-0.25, -0.2) is 4.79 Å². The van der Waals surface area contributed by atoms with Gasteiger partial charge in [0.2, 0.25) is 0 Å². The fraction of sp³-hybridized carbons (Fsp3) is 0.538. The van der Waals surface area contributed by atoms with E-state index in [1.165, 1.54) is 11.1 Å². The molecule has 5 nitrogen and oxygen atoms in total. The number of carbonyl (C=O) groups is 2. The molecule has 18 heavy (non-hydrogen) atoms. The number of hydrogen-bond donors (Lipinski definition) is 2. The van der Waals surface area contributed by atoms with E-state index in [2.05, 4.69) is 22.8 Å². The summed E-state index contributed by atoms with van der Waals surface area (Å²) < 4.78 is 0. The van der Waals surface area contributed by atoms with Crippen LogP contribution in [0.1, 0.15) is 19.3 Å². The van der Waals surface area contributed by atoms with E-state index in [0.29, 0.717) is 19.0 Å². The van der Waals surface area contributed by atoms with E-state index in [4.69, 9.17) is 0 Å². The van der Waals surface area contributed by atoms with E-state index in [9.17, 15) is 9.59 Å². The first-order valence-electron chi connectivity index (χ1n) is 6.51. The van der Waals surface area contributed by atoms with Crippen molar-refractivity contribution in [2.75, 3.05) is 6.54 Å². The van der Waals surface area contributed by atoms with Gasteiger partial charge in [-0.1, -0.05) is 12.2 Å². The van der Waals surface area contributed by atoms with Gasteiger partial charge in [-0.3, -0.25) is 10.1 Å². The first-order valence-corrected chi connectivity index (χ1v) is 6.51. The molecule has 0 aromatic rings. The average Bonchev–Trinajstić information content (AvgIpc) is 2.86. The van der Waals surface area contributed by atoms with Crippen molar-refractivity contribution in [3.8, 4) is 0 Å². The molecule has 2 N–H and O–H groups in total. The number of amides is 3. The van der Waals surface area contributed by atoms with Crippen molar-refractivity contribution in [2.45, 2.75) is 37.4 Å². The summed E-state index contributed by atoms with van der Waals surface area (Å²) >= 11 is 0. The molecule has 3 aliphatic heterocycles. The van der Waals surface area contributed by atoms with Crippen molar-refractivity contribution >= 4 is 11.9 Å². The number of fused-ring (bicyclic) bond motifs is 3. The third-order valence-corrected chi connectivity index (χ3v) is 4.45. The highest BCUT2D eigenvalue weighted by Gasteiger charge is 2.47. The SMILES string of the molecule is O=C1NC(=O)N2CC3NC4CCC=CC4=C3CC12. The molecule has 2 fully saturated rings. The first-order chi connectivity index (χ1) is 8.74. The number of imide groups is 1. The van der Waals surface area contributed by atoms with Gasteiger partial charge in [-0.2, -0.15) is 0 Å². The van der Waals surface area contributed by atoms with Crippen molar-refractivity contribution in [3.63, 3.8) is 0 Å². The lowest BCUT2D eigenvalue weighted by atomic mass is 9.88. The Hall–Kier alpha value is -1.62. The Morgan fingerprint density at radius 2 is 2.17 bits per heavy atom. The normalized spacial score (nSPS) is 37.6. The van der Waals surface area contributed by atoms with E-state index < -0.39 is 0 Å². The van der Waals surface area contributed by atoms with Gasteiger partial charge in [-0.15, -0.1) is 0 Å². The number of carbonyl (C=O) groups excluding carboxylic acids is 2. The lowest BCUT2D eigenvalue weighted by molar-refractivity contribution is -0.121. The molecule has 3 amide bonds. The molecule has 0 radical (unpaired) electrons. The maximum atomic E-state index is 11.7. The average molecular weight is 245 g/mol. The maximum absolute atomic E-state index is 11.7. The molecule has 0 bridgehead atoms. The standard InChI is InChI=1S/C13H15N3O2/c17-12-11-5-8-7-3-1-2-4-9(7)14-10(8)6-16(11)13(18)15-12/h1,3,9-11,14H,2,4-6H2,(H,15,17,18). The van der Waals surface area contributed by atoms with Crippen LogP contribution in [0.5, 0.6) is 0 Å². The summed E-state index contributed by atoms with van der Waals surface area (Å²) in [6, 6.07) is 0.141. The molecule has 4 rings (SSSR count). The molecule has 4 aliphatic rings. The summed E-state index contributed by atoms with van der Waals surface area (Å²) in [5.74, 6) is -0.144. The molecule has 0 aromatic carbocycles. The molecule has 3 heterocycles. The molecule has 5 heteroatoms. The third-order valence-electron chi connectivity index (χ3n) is 4.45. The largest absolute Gasteiger partial charge is 0.324 e. The second kappa shape index (κ2) is 3.45. The summed E-state index contributed by atoms with van der Waals surface area (Å²) in [5.41, 5.74) is 2.69. The molecule has 94 valence electrons. The molecule has 0 aromatic heterocycles. The molecular formula is C13H15N3O2. The van der Waals surface area contributed by atoms with Gasteiger partial charge in [0.25, 0.3) is 5.91 Å². The van der Waals surface area contributed by atoms with Gasteiger partial charge < -0.3 is 10.2 Å². The Morgan fingerprint density at radius 3 is 3.06 bits per heavy atom. The van der Waals surface area contributed by atoms with Crippen molar-refractivity contribution in [1.82, 2.24) is 15.5 Å². The third kappa shape index (κ3) is 1.25. The monoisotopic (exact) mass is 245 g/mol. The van der Waals surface area contributed by atoms with E-state index in [1.54, 1.807) is 4.90 Å². The fourth-order valence-electron chi connectivity index (χ4n) is 3.58. The molecule has 3 unspecified atom stereocenters. The zero-order valence-corrected chi connectivity index (χ0v) is 9.98. The van der Waals surface area contributed by atoms with Crippen LogP contribution in [0.3, 0.4) is 0 Å². The highest BCUT2D eigenvalue weighted by atomic mass is 16.2. The molecular weight excluding hydrogens is 230 g/mol. The van der Waals surface area contributed by atoms with Crippen LogP contribution in [0.2, 0.25) is 0 Å². The van der Waals surface area contributed by atoms with E-state index >= 15 is 0 Å². The minimum atomic E-state index is -0.285. The van der Waals surface area contributed by atoms with Crippen molar-refractivity contribution in [1.29, 1.82) is 0 Å². The highest BCUT2D eigenvalue weighted by molar-refractivity contribution is 6.04. The molecule has 0 spiro atoms. The van der Waals surface area contributed by atoms with Crippen LogP contribution in [-0.2, 0) is 4.79 Å². The van der Waals surface area contributed by atoms with Crippen LogP contribution in [-0.4, -0.2) is 41.5 Å². The number of allylic oxidation sites excluding steroid dienone is 1. The lowest BCUT2D eigenvalue weighted by Gasteiger charge is -2.33. The van der Waals surface area contributed by atoms with Crippen LogP contribution in [0.4, 0.5) is 4.79 Å². The first kappa shape index (κ1) is 10.3. The topological polar surface area (TPSA) is 61.4 Å². The predicted octanol–water partition coefficient (Wildman–Crippen LogP) is 0.297. The van der Waals surface area contributed by atoms with Gasteiger partial charge in [0.05, 0.1) is 0 Å². The number of urea groups is 1. The lowest BCUT2D eigenvalue weighted by Crippen LogP contribution is -2.50. The van der Waals surface area contributed by atoms with Crippen LogP contribution < -0.4 is 10.6 Å². The molecule has 3 atom stereocenters. The van der Waals surface area contributed by atoms with E-state index in [1.807, 2.05) is 0 Å². The number of rotatable bonds is 0. The Kier molecular flexibility index (Phi) is 1.97. The summed E-state index contributed by atoms with van der Waals surface area (Å²) in [5, 5.41) is 5.98. The predicted molar refractivity (Wildman–Crippen MR) is 64.8 cm³/mol. The molecule has 0 saturated carbocycles. The second-order valence-corrected chi connectivity index (χ2v) is 5.40. The zero-order chi connectivity index (χ0) is 12.3. The van der Waals surface area contributed by atoms with Gasteiger partial charge >= 0.3 is 6.03 Å². The quantitative estimate of drug-likeness (QED) is 0.603. The Morgan fingerprint density at radius 1 is 1.28 bits per heavy atom. The number of piperidine rings is 1. The Labute approximate surface area is 105 Å². The minimum absolute atomic E-state index is 0.144. The zero-order valence-electron chi connectivity index (χ0n) is 9.98. The van der Waals surface area contributed by atoms with E-state index in [-0.39, 0.29) is 24.0 Å². The van der Waals surface area contributed by atoms with Crippen molar-refractivity contribution in [2.24, 2.45) is 0 Å². The Bertz CT molecular complexity index is 508. The summed E-state index contributed by atoms with van der Waals surface area (Å²) in [6.45, 7) is 0.616. The number of nitrogens with one attached hydrogen (secondary N) is 2. The number of hydrogen-bond acceptors (Lipinski definition) is 3.